The molecule has 1 fully saturated rings. The van der Waals surface area contributed by atoms with Crippen LogP contribution in [0, 0.1) is 11.8 Å². The van der Waals surface area contributed by atoms with Crippen molar-refractivity contribution in [1.82, 2.24) is 5.32 Å². The molecule has 4 heteroatoms. The summed E-state index contributed by atoms with van der Waals surface area (Å²) in [7, 11) is 0. The molecule has 0 saturated heterocycles. The lowest BCUT2D eigenvalue weighted by Crippen LogP contribution is -2.48. The van der Waals surface area contributed by atoms with Crippen LogP contribution in [-0.2, 0) is 15.0 Å². The van der Waals surface area contributed by atoms with E-state index in [0.29, 0.717) is 25.7 Å². The van der Waals surface area contributed by atoms with Crippen molar-refractivity contribution in [3.63, 3.8) is 0 Å². The second-order valence-corrected chi connectivity index (χ2v) is 7.20. The van der Waals surface area contributed by atoms with Gasteiger partial charge in [-0.3, -0.25) is 9.59 Å². The van der Waals surface area contributed by atoms with E-state index in [2.05, 4.69) is 31.3 Å². The van der Waals surface area contributed by atoms with E-state index in [1.807, 2.05) is 25.1 Å². The molecule has 0 aliphatic heterocycles. The van der Waals surface area contributed by atoms with Gasteiger partial charge in [-0.2, -0.15) is 0 Å². The zero-order chi connectivity index (χ0) is 17.0. The molecule has 2 rings (SSSR count). The van der Waals surface area contributed by atoms with Crippen molar-refractivity contribution >= 4 is 11.9 Å². The summed E-state index contributed by atoms with van der Waals surface area (Å²) in [4.78, 5) is 23.5. The molecule has 1 atom stereocenters. The molecular weight excluding hydrogens is 290 g/mol. The Bertz CT molecular complexity index is 545. The van der Waals surface area contributed by atoms with Gasteiger partial charge in [-0.05, 0) is 38.2 Å². The lowest BCUT2D eigenvalue weighted by molar-refractivity contribution is -0.144. The topological polar surface area (TPSA) is 66.4 Å². The molecule has 0 bridgehead atoms. The van der Waals surface area contributed by atoms with Crippen LogP contribution in [0.1, 0.15) is 52.0 Å². The molecule has 0 radical (unpaired) electrons. The van der Waals surface area contributed by atoms with Crippen LogP contribution in [0.25, 0.3) is 0 Å². The van der Waals surface area contributed by atoms with E-state index in [9.17, 15) is 9.59 Å². The van der Waals surface area contributed by atoms with Gasteiger partial charge in [0.1, 0.15) is 0 Å². The summed E-state index contributed by atoms with van der Waals surface area (Å²) in [5.41, 5.74) is 1.04. The van der Waals surface area contributed by atoms with Gasteiger partial charge in [0.2, 0.25) is 5.91 Å². The molecular formula is C19H27NO3. The zero-order valence-corrected chi connectivity index (χ0v) is 14.2. The minimum atomic E-state index is -0.734. The molecule has 0 heterocycles. The smallest absolute Gasteiger partial charge is 0.306 e. The molecule has 1 aliphatic carbocycles. The van der Waals surface area contributed by atoms with Gasteiger partial charge in [-0.15, -0.1) is 0 Å². The van der Waals surface area contributed by atoms with E-state index in [0.717, 1.165) is 0 Å². The van der Waals surface area contributed by atoms with Gasteiger partial charge in [0.15, 0.2) is 0 Å². The van der Waals surface area contributed by atoms with E-state index < -0.39 is 5.97 Å². The average molecular weight is 317 g/mol. The Kier molecular flexibility index (Phi) is 5.45. The second-order valence-electron chi connectivity index (χ2n) is 7.20. The fourth-order valence-corrected chi connectivity index (χ4v) is 3.23. The molecule has 1 aliphatic rings. The Balaban J connectivity index is 1.94. The number of amides is 1. The van der Waals surface area contributed by atoms with Crippen LogP contribution in [0.3, 0.4) is 0 Å². The van der Waals surface area contributed by atoms with E-state index in [-0.39, 0.29) is 29.2 Å². The normalized spacial score (nSPS) is 23.1. The monoisotopic (exact) mass is 317 g/mol. The first-order valence-electron chi connectivity index (χ1n) is 8.41. The highest BCUT2D eigenvalue weighted by Crippen LogP contribution is 2.31. The van der Waals surface area contributed by atoms with Crippen molar-refractivity contribution in [3.05, 3.63) is 35.9 Å². The largest absolute Gasteiger partial charge is 0.481 e. The van der Waals surface area contributed by atoms with Crippen LogP contribution >= 0.6 is 0 Å². The molecule has 2 N–H and O–H groups in total. The third-order valence-corrected chi connectivity index (χ3v) is 5.41. The van der Waals surface area contributed by atoms with Gasteiger partial charge in [-0.1, -0.05) is 44.2 Å². The Labute approximate surface area is 138 Å². The molecule has 4 nitrogen and oxygen atoms in total. The molecule has 126 valence electrons. The highest BCUT2D eigenvalue weighted by molar-refractivity contribution is 5.79. The molecule has 1 aromatic rings. The maximum Gasteiger partial charge on any atom is 0.306 e. The number of rotatable bonds is 5. The quantitative estimate of drug-likeness (QED) is 0.875. The van der Waals surface area contributed by atoms with Crippen molar-refractivity contribution in [2.75, 3.05) is 0 Å². The lowest BCUT2D eigenvalue weighted by Gasteiger charge is -2.35. The summed E-state index contributed by atoms with van der Waals surface area (Å²) in [6.07, 6.45) is 2.54. The molecule has 0 aromatic heterocycles. The van der Waals surface area contributed by atoms with Crippen LogP contribution in [0.5, 0.6) is 0 Å². The molecule has 1 unspecified atom stereocenters. The SMILES string of the molecule is CC(NC(=O)C1CCC(C(=O)O)CC1)C(C)(C)c1ccccc1. The Morgan fingerprint density at radius 1 is 1.09 bits per heavy atom. The predicted octanol–water partition coefficient (Wildman–Crippen LogP) is 3.36. The maximum absolute atomic E-state index is 12.5. The van der Waals surface area contributed by atoms with E-state index in [1.165, 1.54) is 5.56 Å². The first-order valence-corrected chi connectivity index (χ1v) is 8.41. The molecule has 1 amide bonds. The minimum Gasteiger partial charge on any atom is -0.481 e. The highest BCUT2D eigenvalue weighted by Gasteiger charge is 2.33. The van der Waals surface area contributed by atoms with Crippen LogP contribution in [0.4, 0.5) is 0 Å². The number of hydrogen-bond acceptors (Lipinski definition) is 2. The third kappa shape index (κ3) is 4.12. The number of aliphatic carboxylic acids is 1. The minimum absolute atomic E-state index is 0.00889. The predicted molar refractivity (Wildman–Crippen MR) is 90.2 cm³/mol. The maximum atomic E-state index is 12.5. The molecule has 1 aromatic carbocycles. The summed E-state index contributed by atoms with van der Waals surface area (Å²) in [5.74, 6) is -1.01. The van der Waals surface area contributed by atoms with E-state index >= 15 is 0 Å². The fraction of sp³-hybridized carbons (Fsp3) is 0.579. The van der Waals surface area contributed by atoms with Gasteiger partial charge in [0.25, 0.3) is 0 Å². The molecule has 23 heavy (non-hydrogen) atoms. The van der Waals surface area contributed by atoms with Gasteiger partial charge >= 0.3 is 5.97 Å². The first-order chi connectivity index (χ1) is 10.8. The van der Waals surface area contributed by atoms with Crippen molar-refractivity contribution in [3.8, 4) is 0 Å². The van der Waals surface area contributed by atoms with Gasteiger partial charge in [0, 0.05) is 17.4 Å². The molecule has 1 saturated carbocycles. The highest BCUT2D eigenvalue weighted by atomic mass is 16.4. The number of hydrogen-bond donors (Lipinski definition) is 2. The van der Waals surface area contributed by atoms with E-state index in [4.69, 9.17) is 5.11 Å². The van der Waals surface area contributed by atoms with Gasteiger partial charge in [-0.25, -0.2) is 0 Å². The number of carbonyl (C=O) groups is 2. The van der Waals surface area contributed by atoms with Crippen LogP contribution in [0.15, 0.2) is 30.3 Å². The summed E-state index contributed by atoms with van der Waals surface area (Å²) >= 11 is 0. The summed E-state index contributed by atoms with van der Waals surface area (Å²) in [6.45, 7) is 6.30. The van der Waals surface area contributed by atoms with Crippen LogP contribution < -0.4 is 5.32 Å². The van der Waals surface area contributed by atoms with Gasteiger partial charge < -0.3 is 10.4 Å². The average Bonchev–Trinajstić information content (AvgIpc) is 2.55. The summed E-state index contributed by atoms with van der Waals surface area (Å²) in [5, 5.41) is 12.2. The van der Waals surface area contributed by atoms with Crippen molar-refractivity contribution < 1.29 is 14.7 Å². The zero-order valence-electron chi connectivity index (χ0n) is 14.2. The number of benzene rings is 1. The van der Waals surface area contributed by atoms with Crippen molar-refractivity contribution in [1.29, 1.82) is 0 Å². The first kappa shape index (κ1) is 17.5. The van der Waals surface area contributed by atoms with Crippen molar-refractivity contribution in [2.45, 2.75) is 57.9 Å². The van der Waals surface area contributed by atoms with Crippen LogP contribution in [-0.4, -0.2) is 23.0 Å². The lowest BCUT2D eigenvalue weighted by atomic mass is 9.77. The number of carbonyl (C=O) groups excluding carboxylic acids is 1. The van der Waals surface area contributed by atoms with Crippen LogP contribution in [0.2, 0.25) is 0 Å². The Morgan fingerprint density at radius 3 is 2.13 bits per heavy atom. The summed E-state index contributed by atoms with van der Waals surface area (Å²) in [6, 6.07) is 10.2. The Morgan fingerprint density at radius 2 is 1.61 bits per heavy atom. The second kappa shape index (κ2) is 7.16. The number of carboxylic acid groups (broad SMARTS) is 1. The van der Waals surface area contributed by atoms with Gasteiger partial charge in [0.05, 0.1) is 5.92 Å². The van der Waals surface area contributed by atoms with E-state index in [1.54, 1.807) is 0 Å². The Hall–Kier alpha value is -1.84. The molecule has 0 spiro atoms. The standard InChI is InChI=1S/C19H27NO3/c1-13(19(2,3)16-7-5-4-6-8-16)20-17(21)14-9-11-15(12-10-14)18(22)23/h4-8,13-15H,9-12H2,1-3H3,(H,20,21)(H,22,23). The summed E-state index contributed by atoms with van der Waals surface area (Å²) < 4.78 is 0. The fourth-order valence-electron chi connectivity index (χ4n) is 3.23. The third-order valence-electron chi connectivity index (χ3n) is 5.41. The van der Waals surface area contributed by atoms with Crippen molar-refractivity contribution in [2.24, 2.45) is 11.8 Å². The number of carboxylic acids is 1. The number of nitrogens with one attached hydrogen (secondary N) is 1.